The molecule has 2 nitrogen and oxygen atoms in total. The minimum atomic E-state index is -0.343. The molecule has 3 atom stereocenters. The number of hydrogen-bond donors (Lipinski definition) is 1. The summed E-state index contributed by atoms with van der Waals surface area (Å²) < 4.78 is 19.7. The Morgan fingerprint density at radius 3 is 2.62 bits per heavy atom. The Hall–Kier alpha value is -1.16. The summed E-state index contributed by atoms with van der Waals surface area (Å²) in [5.74, 6) is 0.962. The normalized spacial score (nSPS) is 33.1. The van der Waals surface area contributed by atoms with Gasteiger partial charge in [0.1, 0.15) is 22.7 Å². The van der Waals surface area contributed by atoms with Crippen LogP contribution >= 0.6 is 12.2 Å². The molecule has 114 valence electrons. The Morgan fingerprint density at radius 1 is 1.38 bits per heavy atom. The Morgan fingerprint density at radius 2 is 2.10 bits per heavy atom. The molecule has 0 aliphatic heterocycles. The lowest BCUT2D eigenvalue weighted by Crippen LogP contribution is -2.39. The van der Waals surface area contributed by atoms with Crippen LogP contribution in [0.2, 0.25) is 0 Å². The van der Waals surface area contributed by atoms with Gasteiger partial charge in [0.2, 0.25) is 0 Å². The van der Waals surface area contributed by atoms with Crippen LogP contribution in [0.5, 0.6) is 5.75 Å². The molecule has 0 spiro atoms. The van der Waals surface area contributed by atoms with Crippen molar-refractivity contribution < 1.29 is 9.13 Å². The van der Waals surface area contributed by atoms with Gasteiger partial charge in [-0.15, -0.1) is 0 Å². The molecule has 2 bridgehead atoms. The van der Waals surface area contributed by atoms with Crippen LogP contribution in [-0.2, 0) is 0 Å². The number of thiocarbonyl (C=S) groups is 1. The first-order valence-corrected chi connectivity index (χ1v) is 7.92. The lowest BCUT2D eigenvalue weighted by atomic mass is 9.70. The Kier molecular flexibility index (Phi) is 3.28. The maximum absolute atomic E-state index is 13.4. The van der Waals surface area contributed by atoms with E-state index in [9.17, 15) is 4.39 Å². The first kappa shape index (κ1) is 14.8. The van der Waals surface area contributed by atoms with Crippen molar-refractivity contribution in [1.82, 2.24) is 0 Å². The van der Waals surface area contributed by atoms with Gasteiger partial charge in [-0.2, -0.15) is 0 Å². The fraction of sp³-hybridized carbons (Fsp3) is 0.588. The van der Waals surface area contributed by atoms with E-state index in [1.165, 1.54) is 25.0 Å². The predicted octanol–water partition coefficient (Wildman–Crippen LogP) is 4.05. The van der Waals surface area contributed by atoms with Crippen LogP contribution in [0.4, 0.5) is 4.39 Å². The average Bonchev–Trinajstić information content (AvgIpc) is 2.73. The van der Waals surface area contributed by atoms with Gasteiger partial charge in [0.25, 0.3) is 0 Å². The zero-order valence-electron chi connectivity index (χ0n) is 12.8. The summed E-state index contributed by atoms with van der Waals surface area (Å²) in [5, 5.41) is 0. The highest BCUT2D eigenvalue weighted by Gasteiger charge is 2.62. The topological polar surface area (TPSA) is 35.2 Å². The van der Waals surface area contributed by atoms with Crippen LogP contribution in [0, 0.1) is 22.6 Å². The minimum Gasteiger partial charge on any atom is -0.489 e. The second kappa shape index (κ2) is 4.67. The van der Waals surface area contributed by atoms with E-state index in [0.29, 0.717) is 17.2 Å². The molecule has 21 heavy (non-hydrogen) atoms. The number of halogens is 1. The maximum atomic E-state index is 13.4. The first-order chi connectivity index (χ1) is 9.75. The van der Waals surface area contributed by atoms with E-state index in [1.54, 1.807) is 6.07 Å². The van der Waals surface area contributed by atoms with E-state index >= 15 is 0 Å². The number of fused-ring (bicyclic) bond motifs is 2. The number of nitrogens with two attached hydrogens (primary N) is 1. The lowest BCUT2D eigenvalue weighted by Gasteiger charge is -2.39. The largest absolute Gasteiger partial charge is 0.489 e. The van der Waals surface area contributed by atoms with E-state index in [4.69, 9.17) is 22.7 Å². The molecule has 0 radical (unpaired) electrons. The minimum absolute atomic E-state index is 0.143. The molecule has 0 saturated heterocycles. The Bertz CT molecular complexity index is 600. The van der Waals surface area contributed by atoms with Crippen molar-refractivity contribution in [1.29, 1.82) is 0 Å². The van der Waals surface area contributed by atoms with Crippen molar-refractivity contribution in [3.8, 4) is 5.75 Å². The van der Waals surface area contributed by atoms with E-state index in [1.807, 2.05) is 0 Å². The fourth-order valence-corrected chi connectivity index (χ4v) is 4.42. The van der Waals surface area contributed by atoms with Crippen molar-refractivity contribution in [3.63, 3.8) is 0 Å². The molecule has 3 unspecified atom stereocenters. The van der Waals surface area contributed by atoms with Gasteiger partial charge in [0.15, 0.2) is 0 Å². The molecule has 0 heterocycles. The van der Waals surface area contributed by atoms with Gasteiger partial charge in [-0.25, -0.2) is 4.39 Å². The summed E-state index contributed by atoms with van der Waals surface area (Å²) in [6, 6.07) is 4.41. The van der Waals surface area contributed by atoms with Crippen LogP contribution in [-0.4, -0.2) is 11.1 Å². The fourth-order valence-electron chi connectivity index (χ4n) is 4.26. The van der Waals surface area contributed by atoms with Crippen LogP contribution in [0.25, 0.3) is 0 Å². The third-order valence-corrected chi connectivity index (χ3v) is 6.41. The molecule has 4 heteroatoms. The maximum Gasteiger partial charge on any atom is 0.130 e. The van der Waals surface area contributed by atoms with Gasteiger partial charge in [0, 0.05) is 5.41 Å². The summed E-state index contributed by atoms with van der Waals surface area (Å²) in [5.41, 5.74) is 6.63. The summed E-state index contributed by atoms with van der Waals surface area (Å²) >= 11 is 5.02. The third-order valence-electron chi connectivity index (χ3n) is 6.19. The SMILES string of the molecule is CC1(C)C2CCC1(C)C(Oc1ccc(F)cc1C(N)=S)C2. The van der Waals surface area contributed by atoms with Crippen LogP contribution in [0.15, 0.2) is 18.2 Å². The van der Waals surface area contributed by atoms with Crippen LogP contribution in [0.1, 0.15) is 45.6 Å². The van der Waals surface area contributed by atoms with E-state index in [2.05, 4.69) is 20.8 Å². The molecule has 1 aromatic rings. The van der Waals surface area contributed by atoms with Gasteiger partial charge in [-0.3, -0.25) is 0 Å². The van der Waals surface area contributed by atoms with E-state index < -0.39 is 0 Å². The van der Waals surface area contributed by atoms with E-state index in [-0.39, 0.29) is 27.7 Å². The van der Waals surface area contributed by atoms with Gasteiger partial charge in [-0.05, 0) is 48.8 Å². The van der Waals surface area contributed by atoms with Crippen molar-refractivity contribution in [3.05, 3.63) is 29.6 Å². The van der Waals surface area contributed by atoms with Crippen molar-refractivity contribution in [2.24, 2.45) is 22.5 Å². The lowest BCUT2D eigenvalue weighted by molar-refractivity contribution is 0.0300. The second-order valence-corrected chi connectivity index (χ2v) is 7.66. The quantitative estimate of drug-likeness (QED) is 0.856. The summed E-state index contributed by atoms with van der Waals surface area (Å²) in [6.07, 6.45) is 3.65. The zero-order chi connectivity index (χ0) is 15.4. The van der Waals surface area contributed by atoms with Gasteiger partial charge in [0.05, 0.1) is 5.56 Å². The van der Waals surface area contributed by atoms with Gasteiger partial charge < -0.3 is 10.5 Å². The van der Waals surface area contributed by atoms with Crippen molar-refractivity contribution in [2.45, 2.75) is 46.1 Å². The van der Waals surface area contributed by atoms with Crippen molar-refractivity contribution in [2.75, 3.05) is 0 Å². The second-order valence-electron chi connectivity index (χ2n) is 7.22. The predicted molar refractivity (Wildman–Crippen MR) is 85.9 cm³/mol. The molecular weight excluding hydrogens is 285 g/mol. The number of ether oxygens (including phenoxy) is 1. The molecule has 0 aromatic heterocycles. The van der Waals surface area contributed by atoms with Crippen molar-refractivity contribution >= 4 is 17.2 Å². The summed E-state index contributed by atoms with van der Waals surface area (Å²) in [6.45, 7) is 7.00. The summed E-state index contributed by atoms with van der Waals surface area (Å²) in [4.78, 5) is 0.178. The van der Waals surface area contributed by atoms with Gasteiger partial charge in [-0.1, -0.05) is 33.0 Å². The average molecular weight is 307 g/mol. The highest BCUT2D eigenvalue weighted by Crippen LogP contribution is 2.66. The molecular formula is C17H22FNOS. The molecule has 2 aliphatic rings. The molecule has 1 aromatic carbocycles. The van der Waals surface area contributed by atoms with E-state index in [0.717, 1.165) is 6.42 Å². The Balaban J connectivity index is 1.91. The molecule has 2 N–H and O–H groups in total. The molecule has 2 saturated carbocycles. The van der Waals surface area contributed by atoms with Gasteiger partial charge >= 0.3 is 0 Å². The Labute approximate surface area is 130 Å². The van der Waals surface area contributed by atoms with Crippen LogP contribution < -0.4 is 10.5 Å². The number of hydrogen-bond acceptors (Lipinski definition) is 2. The zero-order valence-corrected chi connectivity index (χ0v) is 13.6. The monoisotopic (exact) mass is 307 g/mol. The third kappa shape index (κ3) is 2.07. The van der Waals surface area contributed by atoms with Crippen LogP contribution in [0.3, 0.4) is 0 Å². The standard InChI is InChI=1S/C17H22FNOS/c1-16(2)10-6-7-17(16,3)14(8-10)20-13-5-4-11(18)9-12(13)15(19)21/h4-5,9-10,14H,6-8H2,1-3H3,(H2,19,21). The first-order valence-electron chi connectivity index (χ1n) is 7.52. The molecule has 2 fully saturated rings. The molecule has 2 aliphatic carbocycles. The summed E-state index contributed by atoms with van der Waals surface area (Å²) in [7, 11) is 0. The smallest absolute Gasteiger partial charge is 0.130 e. The number of rotatable bonds is 3. The highest BCUT2D eigenvalue weighted by molar-refractivity contribution is 7.80. The number of benzene rings is 1. The molecule has 0 amide bonds. The highest BCUT2D eigenvalue weighted by atomic mass is 32.1. The molecule has 3 rings (SSSR count).